The molecule has 0 bridgehead atoms. The maximum absolute atomic E-state index is 12.3. The third-order valence-corrected chi connectivity index (χ3v) is 5.19. The summed E-state index contributed by atoms with van der Waals surface area (Å²) in [5.41, 5.74) is 3.01. The minimum atomic E-state index is -0.586. The quantitative estimate of drug-likeness (QED) is 0.807. The Hall–Kier alpha value is -3.04. The van der Waals surface area contributed by atoms with Crippen molar-refractivity contribution in [3.63, 3.8) is 0 Å². The highest BCUT2D eigenvalue weighted by atomic mass is 16.5. The highest BCUT2D eigenvalue weighted by Crippen LogP contribution is 2.41. The summed E-state index contributed by atoms with van der Waals surface area (Å²) < 4.78 is 5.28. The summed E-state index contributed by atoms with van der Waals surface area (Å²) in [6, 6.07) is 16.7. The van der Waals surface area contributed by atoms with Gasteiger partial charge in [0.25, 0.3) is 0 Å². The molecule has 0 saturated carbocycles. The first-order chi connectivity index (χ1) is 13.6. The summed E-state index contributed by atoms with van der Waals surface area (Å²) in [7, 11) is 1.64. The molecule has 146 valence electrons. The van der Waals surface area contributed by atoms with E-state index in [1.54, 1.807) is 7.11 Å². The van der Waals surface area contributed by atoms with Gasteiger partial charge in [0.1, 0.15) is 11.8 Å². The van der Waals surface area contributed by atoms with Crippen LogP contribution in [-0.2, 0) is 0 Å². The number of amides is 2. The van der Waals surface area contributed by atoms with Crippen molar-refractivity contribution in [3.05, 3.63) is 54.1 Å². The Labute approximate surface area is 165 Å². The summed E-state index contributed by atoms with van der Waals surface area (Å²) in [6.45, 7) is 2.33. The van der Waals surface area contributed by atoms with Crippen LogP contribution >= 0.6 is 0 Å². The maximum atomic E-state index is 12.3. The number of carbonyl (C=O) groups excluding carboxylic acids is 1. The van der Waals surface area contributed by atoms with E-state index < -0.39 is 12.1 Å². The Morgan fingerprint density at radius 3 is 2.61 bits per heavy atom. The van der Waals surface area contributed by atoms with Crippen molar-refractivity contribution in [2.75, 3.05) is 20.3 Å². The summed E-state index contributed by atoms with van der Waals surface area (Å²) in [6.07, 6.45) is 0.815. The second-order valence-electron chi connectivity index (χ2n) is 6.84. The number of aliphatic hydroxyl groups excluding tert-OH is 1. The van der Waals surface area contributed by atoms with Gasteiger partial charge in [-0.2, -0.15) is 5.26 Å². The molecule has 0 spiro atoms. The van der Waals surface area contributed by atoms with Crippen molar-refractivity contribution in [3.8, 4) is 22.9 Å². The molecule has 0 aromatic heterocycles. The molecule has 28 heavy (non-hydrogen) atoms. The lowest BCUT2D eigenvalue weighted by Gasteiger charge is -2.51. The van der Waals surface area contributed by atoms with Crippen molar-refractivity contribution in [1.29, 1.82) is 5.26 Å². The first-order valence-electron chi connectivity index (χ1n) is 9.45. The Balaban J connectivity index is 1.80. The van der Waals surface area contributed by atoms with Crippen molar-refractivity contribution >= 4 is 6.03 Å². The van der Waals surface area contributed by atoms with E-state index in [4.69, 9.17) is 4.74 Å². The zero-order valence-electron chi connectivity index (χ0n) is 16.1. The van der Waals surface area contributed by atoms with Crippen LogP contribution in [0.25, 0.3) is 11.1 Å². The number of ether oxygens (including phenoxy) is 1. The number of likely N-dealkylation sites (tertiary alicyclic amines) is 1. The highest BCUT2D eigenvalue weighted by molar-refractivity contribution is 5.77. The predicted octanol–water partition coefficient (Wildman–Crippen LogP) is 3.13. The smallest absolute Gasteiger partial charge is 0.318 e. The second-order valence-corrected chi connectivity index (χ2v) is 6.84. The van der Waals surface area contributed by atoms with Crippen LogP contribution in [0.5, 0.6) is 5.75 Å². The van der Waals surface area contributed by atoms with Gasteiger partial charge in [0.15, 0.2) is 0 Å². The van der Waals surface area contributed by atoms with Crippen LogP contribution in [-0.4, -0.2) is 48.4 Å². The van der Waals surface area contributed by atoms with E-state index in [9.17, 15) is 15.2 Å². The number of aliphatic hydroxyl groups is 1. The van der Waals surface area contributed by atoms with Crippen molar-refractivity contribution in [2.24, 2.45) is 0 Å². The molecular weight excluding hydrogens is 354 g/mol. The second kappa shape index (κ2) is 8.77. The van der Waals surface area contributed by atoms with Gasteiger partial charge in [0, 0.05) is 12.5 Å². The van der Waals surface area contributed by atoms with Crippen molar-refractivity contribution in [2.45, 2.75) is 31.3 Å². The van der Waals surface area contributed by atoms with Crippen LogP contribution < -0.4 is 10.1 Å². The fraction of sp³-hybridized carbons (Fsp3) is 0.364. The Morgan fingerprint density at radius 1 is 1.25 bits per heavy atom. The zero-order chi connectivity index (χ0) is 20.1. The molecule has 0 aliphatic carbocycles. The molecule has 1 saturated heterocycles. The average molecular weight is 379 g/mol. The highest BCUT2D eigenvalue weighted by Gasteiger charge is 2.51. The number of nitrogens with zero attached hydrogens (tertiary/aromatic N) is 2. The van der Waals surface area contributed by atoms with Gasteiger partial charge >= 0.3 is 6.03 Å². The largest absolute Gasteiger partial charge is 0.497 e. The number of nitriles is 1. The Bertz CT molecular complexity index is 860. The molecule has 6 nitrogen and oxygen atoms in total. The number of rotatable bonds is 6. The number of methoxy groups -OCH3 is 1. The van der Waals surface area contributed by atoms with Gasteiger partial charge in [0.05, 0.1) is 25.8 Å². The zero-order valence-corrected chi connectivity index (χ0v) is 16.1. The van der Waals surface area contributed by atoms with Crippen LogP contribution in [0.1, 0.15) is 24.8 Å². The minimum absolute atomic E-state index is 0.181. The number of carbonyl (C=O) groups is 1. The van der Waals surface area contributed by atoms with Crippen molar-refractivity contribution in [1.82, 2.24) is 10.2 Å². The summed E-state index contributed by atoms with van der Waals surface area (Å²) in [4.78, 5) is 13.8. The summed E-state index contributed by atoms with van der Waals surface area (Å²) in [5.74, 6) is 0.584. The lowest BCUT2D eigenvalue weighted by atomic mass is 9.76. The summed E-state index contributed by atoms with van der Waals surface area (Å²) in [5, 5.41) is 22.2. The molecule has 1 aliphatic rings. The SMILES string of the molecule is CCCNC(=O)N1[C@H](CO)[C@@H](c2ccc(-c3cccc(OC)c3)cc2)[C@@H]1C#N. The molecule has 0 unspecified atom stereocenters. The van der Waals surface area contributed by atoms with Gasteiger partial charge in [-0.05, 0) is 35.2 Å². The van der Waals surface area contributed by atoms with E-state index >= 15 is 0 Å². The van der Waals surface area contributed by atoms with Crippen molar-refractivity contribution < 1.29 is 14.6 Å². The third kappa shape index (κ3) is 3.67. The van der Waals surface area contributed by atoms with Gasteiger partial charge in [-0.3, -0.25) is 0 Å². The topological polar surface area (TPSA) is 85.6 Å². The molecule has 2 aromatic rings. The van der Waals surface area contributed by atoms with Crippen LogP contribution in [0.2, 0.25) is 0 Å². The molecule has 6 heteroatoms. The van der Waals surface area contributed by atoms with E-state index in [1.807, 2.05) is 55.5 Å². The lowest BCUT2D eigenvalue weighted by Crippen LogP contribution is -2.67. The monoisotopic (exact) mass is 379 g/mol. The minimum Gasteiger partial charge on any atom is -0.497 e. The van der Waals surface area contributed by atoms with Gasteiger partial charge in [-0.1, -0.05) is 43.3 Å². The molecule has 3 atom stereocenters. The molecule has 1 fully saturated rings. The molecule has 1 aliphatic heterocycles. The van der Waals surface area contributed by atoms with Crippen LogP contribution in [0.3, 0.4) is 0 Å². The predicted molar refractivity (Wildman–Crippen MR) is 107 cm³/mol. The number of nitrogens with one attached hydrogen (secondary N) is 1. The fourth-order valence-corrected chi connectivity index (χ4v) is 3.71. The van der Waals surface area contributed by atoms with E-state index in [0.29, 0.717) is 6.54 Å². The Kier molecular flexibility index (Phi) is 6.17. The molecule has 3 rings (SSSR count). The molecular formula is C22H25N3O3. The summed E-state index contributed by atoms with van der Waals surface area (Å²) >= 11 is 0. The van der Waals surface area contributed by atoms with Gasteiger partial charge in [0.2, 0.25) is 0 Å². The maximum Gasteiger partial charge on any atom is 0.318 e. The first-order valence-corrected chi connectivity index (χ1v) is 9.45. The number of urea groups is 1. The number of hydrogen-bond acceptors (Lipinski definition) is 4. The van der Waals surface area contributed by atoms with Gasteiger partial charge in [-0.25, -0.2) is 4.79 Å². The lowest BCUT2D eigenvalue weighted by molar-refractivity contribution is 0.0169. The van der Waals surface area contributed by atoms with E-state index in [2.05, 4.69) is 11.4 Å². The van der Waals surface area contributed by atoms with Gasteiger partial charge in [-0.15, -0.1) is 0 Å². The average Bonchev–Trinajstić information content (AvgIpc) is 2.72. The van der Waals surface area contributed by atoms with Crippen LogP contribution in [0.15, 0.2) is 48.5 Å². The van der Waals surface area contributed by atoms with E-state index in [0.717, 1.165) is 28.9 Å². The Morgan fingerprint density at radius 2 is 2.00 bits per heavy atom. The third-order valence-electron chi connectivity index (χ3n) is 5.19. The number of benzene rings is 2. The molecule has 2 amide bonds. The number of hydrogen-bond donors (Lipinski definition) is 2. The van der Waals surface area contributed by atoms with Gasteiger partial charge < -0.3 is 20.1 Å². The fourth-order valence-electron chi connectivity index (χ4n) is 3.71. The molecule has 1 heterocycles. The molecule has 2 N–H and O–H groups in total. The standard InChI is InChI=1S/C22H25N3O3/c1-3-11-24-22(27)25-19(13-23)21(20(25)14-26)16-9-7-15(8-10-16)17-5-4-6-18(12-17)28-2/h4-10,12,19-21,26H,3,11,14H2,1-2H3,(H,24,27)/t19-,20+,21-/m0/s1. The first kappa shape index (κ1) is 19.7. The normalized spacial score (nSPS) is 20.8. The van der Waals surface area contributed by atoms with E-state index in [-0.39, 0.29) is 18.6 Å². The van der Waals surface area contributed by atoms with Crippen LogP contribution in [0, 0.1) is 11.3 Å². The van der Waals surface area contributed by atoms with Crippen LogP contribution in [0.4, 0.5) is 4.79 Å². The molecule has 0 radical (unpaired) electrons. The van der Waals surface area contributed by atoms with E-state index in [1.165, 1.54) is 4.90 Å². The molecule has 2 aromatic carbocycles.